The lowest BCUT2D eigenvalue weighted by Gasteiger charge is -2.34. The molecule has 3 aromatic rings. The largest absolute Gasteiger partial charge is 0.350 e. The van der Waals surface area contributed by atoms with Crippen molar-refractivity contribution in [1.82, 2.24) is 10.2 Å². The van der Waals surface area contributed by atoms with Crippen LogP contribution in [0.2, 0.25) is 0 Å². The third-order valence-electron chi connectivity index (χ3n) is 6.34. The van der Waals surface area contributed by atoms with E-state index in [1.165, 1.54) is 17.0 Å². The fourth-order valence-corrected chi connectivity index (χ4v) is 6.05. The van der Waals surface area contributed by atoms with Crippen LogP contribution in [0.1, 0.15) is 50.8 Å². The number of nitrogens with zero attached hydrogens (tertiary/aromatic N) is 2. The molecule has 40 heavy (non-hydrogen) atoms. The third kappa shape index (κ3) is 8.17. The fraction of sp³-hybridized carbons (Fsp3) is 0.355. The van der Waals surface area contributed by atoms with Gasteiger partial charge in [-0.3, -0.25) is 13.9 Å². The van der Waals surface area contributed by atoms with Gasteiger partial charge in [0.1, 0.15) is 12.6 Å². The molecule has 3 rings (SSSR count). The highest BCUT2D eigenvalue weighted by atomic mass is 79.9. The highest BCUT2D eigenvalue weighted by molar-refractivity contribution is 9.10. The van der Waals surface area contributed by atoms with Gasteiger partial charge in [0.25, 0.3) is 10.0 Å². The smallest absolute Gasteiger partial charge is 0.264 e. The van der Waals surface area contributed by atoms with E-state index in [1.807, 2.05) is 65.8 Å². The number of hydrogen-bond donors (Lipinski definition) is 1. The van der Waals surface area contributed by atoms with Gasteiger partial charge < -0.3 is 10.2 Å². The van der Waals surface area contributed by atoms with E-state index in [0.29, 0.717) is 16.6 Å². The van der Waals surface area contributed by atoms with Gasteiger partial charge in [0.2, 0.25) is 11.8 Å². The Balaban J connectivity index is 2.07. The second-order valence-corrected chi connectivity index (χ2v) is 13.8. The molecule has 214 valence electrons. The molecule has 0 saturated carbocycles. The molecule has 0 aromatic heterocycles. The van der Waals surface area contributed by atoms with Crippen LogP contribution in [-0.2, 0) is 26.2 Å². The first-order valence-corrected chi connectivity index (χ1v) is 15.5. The predicted octanol–water partition coefficient (Wildman–Crippen LogP) is 5.98. The van der Waals surface area contributed by atoms with Crippen molar-refractivity contribution in [2.75, 3.05) is 10.8 Å². The zero-order valence-electron chi connectivity index (χ0n) is 23.9. The van der Waals surface area contributed by atoms with E-state index in [9.17, 15) is 18.0 Å². The summed E-state index contributed by atoms with van der Waals surface area (Å²) in [5.74, 6) is -0.766. The van der Waals surface area contributed by atoms with Gasteiger partial charge in [-0.1, -0.05) is 76.4 Å². The van der Waals surface area contributed by atoms with Crippen LogP contribution >= 0.6 is 15.9 Å². The highest BCUT2D eigenvalue weighted by Gasteiger charge is 2.34. The lowest BCUT2D eigenvalue weighted by Crippen LogP contribution is -2.55. The number of benzene rings is 3. The number of carbonyl (C=O) groups is 2. The molecule has 0 radical (unpaired) electrons. The van der Waals surface area contributed by atoms with Crippen LogP contribution in [0.3, 0.4) is 0 Å². The molecule has 0 unspecified atom stereocenters. The number of halogens is 1. The molecule has 1 N–H and O–H groups in total. The van der Waals surface area contributed by atoms with E-state index in [1.54, 1.807) is 36.4 Å². The Morgan fingerprint density at radius 1 is 0.925 bits per heavy atom. The zero-order chi connectivity index (χ0) is 29.7. The van der Waals surface area contributed by atoms with Crippen LogP contribution in [0.4, 0.5) is 5.69 Å². The van der Waals surface area contributed by atoms with E-state index < -0.39 is 34.1 Å². The van der Waals surface area contributed by atoms with Crippen molar-refractivity contribution in [1.29, 1.82) is 0 Å². The minimum absolute atomic E-state index is 0.0773. The van der Waals surface area contributed by atoms with E-state index in [-0.39, 0.29) is 17.3 Å². The second-order valence-electron chi connectivity index (χ2n) is 11.0. The topological polar surface area (TPSA) is 86.8 Å². The van der Waals surface area contributed by atoms with E-state index in [4.69, 9.17) is 0 Å². The van der Waals surface area contributed by atoms with Crippen molar-refractivity contribution in [2.45, 2.75) is 71.0 Å². The standard InChI is InChI=1S/C31H38BrN3O4S/c1-7-28(30(37)33-31(4,5)6)34(20-24-15-11-22(2)12-16-24)29(36)21-35(26-10-8-9-25(32)19-26)40(38,39)27-17-13-23(3)14-18-27/h8-19,28H,7,20-21H2,1-6H3,(H,33,37)/t28-/m0/s1. The third-order valence-corrected chi connectivity index (χ3v) is 8.62. The maximum atomic E-state index is 14.1. The van der Waals surface area contributed by atoms with Gasteiger partial charge in [0.05, 0.1) is 10.6 Å². The molecule has 0 fully saturated rings. The molecule has 9 heteroatoms. The summed E-state index contributed by atoms with van der Waals surface area (Å²) in [6, 6.07) is 20.3. The summed E-state index contributed by atoms with van der Waals surface area (Å²) in [7, 11) is -4.11. The van der Waals surface area contributed by atoms with Gasteiger partial charge in [0, 0.05) is 16.6 Å². The second kappa shape index (κ2) is 13.0. The molecule has 7 nitrogen and oxygen atoms in total. The lowest BCUT2D eigenvalue weighted by molar-refractivity contribution is -0.141. The number of hydrogen-bond acceptors (Lipinski definition) is 4. The Kier molecular flexibility index (Phi) is 10.2. The molecule has 0 bridgehead atoms. The Morgan fingerprint density at radius 3 is 2.02 bits per heavy atom. The number of anilines is 1. The van der Waals surface area contributed by atoms with Crippen LogP contribution in [0.25, 0.3) is 0 Å². The molecule has 0 aliphatic rings. The minimum atomic E-state index is -4.11. The number of nitrogens with one attached hydrogen (secondary N) is 1. The maximum Gasteiger partial charge on any atom is 0.264 e. The van der Waals surface area contributed by atoms with Gasteiger partial charge in [-0.15, -0.1) is 0 Å². The van der Waals surface area contributed by atoms with Crippen LogP contribution in [0.5, 0.6) is 0 Å². The first-order valence-electron chi connectivity index (χ1n) is 13.2. The van der Waals surface area contributed by atoms with E-state index in [2.05, 4.69) is 21.2 Å². The Bertz CT molecular complexity index is 1430. The molecule has 0 heterocycles. The molecule has 3 aromatic carbocycles. The van der Waals surface area contributed by atoms with E-state index >= 15 is 0 Å². The van der Waals surface area contributed by atoms with Crippen molar-refractivity contribution < 1.29 is 18.0 Å². The van der Waals surface area contributed by atoms with Crippen LogP contribution in [0.15, 0.2) is 82.2 Å². The number of aryl methyl sites for hydroxylation is 2. The summed E-state index contributed by atoms with van der Waals surface area (Å²) >= 11 is 3.42. The van der Waals surface area contributed by atoms with Crippen molar-refractivity contribution in [3.8, 4) is 0 Å². The quantitative estimate of drug-likeness (QED) is 0.299. The molecular formula is C31H38BrN3O4S. The Labute approximate surface area is 246 Å². The summed E-state index contributed by atoms with van der Waals surface area (Å²) in [5, 5.41) is 2.98. The van der Waals surface area contributed by atoms with Crippen LogP contribution in [0, 0.1) is 13.8 Å². The summed E-state index contributed by atoms with van der Waals surface area (Å²) in [4.78, 5) is 29.1. The average molecular weight is 629 g/mol. The van der Waals surface area contributed by atoms with Crippen LogP contribution in [-0.4, -0.2) is 43.3 Å². The summed E-state index contributed by atoms with van der Waals surface area (Å²) in [5.41, 5.74) is 2.68. The molecule has 0 spiro atoms. The number of sulfonamides is 1. The molecule has 0 aliphatic carbocycles. The Morgan fingerprint density at radius 2 is 1.50 bits per heavy atom. The fourth-order valence-electron chi connectivity index (χ4n) is 4.26. The molecule has 0 aliphatic heterocycles. The van der Waals surface area contributed by atoms with Crippen molar-refractivity contribution in [3.63, 3.8) is 0 Å². The highest BCUT2D eigenvalue weighted by Crippen LogP contribution is 2.27. The first-order chi connectivity index (χ1) is 18.7. The SMILES string of the molecule is CC[C@@H](C(=O)NC(C)(C)C)N(Cc1ccc(C)cc1)C(=O)CN(c1cccc(Br)c1)S(=O)(=O)c1ccc(C)cc1. The molecule has 0 saturated heterocycles. The van der Waals surface area contributed by atoms with Crippen molar-refractivity contribution in [2.24, 2.45) is 0 Å². The van der Waals surface area contributed by atoms with Gasteiger partial charge in [-0.05, 0) is 76.9 Å². The van der Waals surface area contributed by atoms with Gasteiger partial charge in [-0.2, -0.15) is 0 Å². The first kappa shape index (κ1) is 31.4. The summed E-state index contributed by atoms with van der Waals surface area (Å²) in [6.07, 6.45) is 0.362. The van der Waals surface area contributed by atoms with Crippen molar-refractivity contribution in [3.05, 3.63) is 94.0 Å². The molecular weight excluding hydrogens is 590 g/mol. The number of carbonyl (C=O) groups excluding carboxylic acids is 2. The summed E-state index contributed by atoms with van der Waals surface area (Å²) in [6.45, 7) is 11.0. The van der Waals surface area contributed by atoms with Gasteiger partial charge in [-0.25, -0.2) is 8.42 Å². The normalized spacial score (nSPS) is 12.5. The zero-order valence-corrected chi connectivity index (χ0v) is 26.3. The monoisotopic (exact) mass is 627 g/mol. The van der Waals surface area contributed by atoms with Crippen LogP contribution < -0.4 is 9.62 Å². The van der Waals surface area contributed by atoms with Gasteiger partial charge >= 0.3 is 0 Å². The molecule has 2 amide bonds. The predicted molar refractivity (Wildman–Crippen MR) is 164 cm³/mol. The maximum absolute atomic E-state index is 14.1. The Hall–Kier alpha value is -3.17. The molecule has 1 atom stereocenters. The average Bonchev–Trinajstić information content (AvgIpc) is 2.87. The lowest BCUT2D eigenvalue weighted by atomic mass is 10.1. The van der Waals surface area contributed by atoms with Gasteiger partial charge in [0.15, 0.2) is 0 Å². The number of rotatable bonds is 10. The van der Waals surface area contributed by atoms with E-state index in [0.717, 1.165) is 21.0 Å². The number of amides is 2. The summed E-state index contributed by atoms with van der Waals surface area (Å²) < 4.78 is 29.6. The van der Waals surface area contributed by atoms with Crippen molar-refractivity contribution >= 4 is 43.5 Å². The minimum Gasteiger partial charge on any atom is -0.350 e.